The van der Waals surface area contributed by atoms with E-state index in [-0.39, 0.29) is 43.0 Å². The minimum atomic E-state index is -2.27. The zero-order valence-corrected chi connectivity index (χ0v) is 30.9. The van der Waals surface area contributed by atoms with E-state index in [2.05, 4.69) is 12.1 Å². The fourth-order valence-corrected chi connectivity index (χ4v) is 7.30. The first-order valence-electron chi connectivity index (χ1n) is 17.9. The van der Waals surface area contributed by atoms with Crippen molar-refractivity contribution in [2.75, 3.05) is 18.5 Å². The SMILES string of the molecule is CN(CC(=O)N(Cc1ccc(C2CCCCC2)cc1)c1ccc(C(=O)OCc2ccccc2)c(OCc2ccccc2)c1)Sc1c(F)c(F)c(F)c(F)c1F. The number of carbonyl (C=O) groups excluding carboxylic acids is 2. The van der Waals surface area contributed by atoms with E-state index in [9.17, 15) is 31.5 Å². The molecule has 1 saturated carbocycles. The van der Waals surface area contributed by atoms with Crippen molar-refractivity contribution in [1.29, 1.82) is 0 Å². The number of hydrogen-bond donors (Lipinski definition) is 0. The molecule has 1 amide bonds. The predicted octanol–water partition coefficient (Wildman–Crippen LogP) is 10.5. The first-order valence-corrected chi connectivity index (χ1v) is 18.7. The highest BCUT2D eigenvalue weighted by Crippen LogP contribution is 2.35. The Labute approximate surface area is 321 Å². The van der Waals surface area contributed by atoms with Gasteiger partial charge in [0.05, 0.1) is 13.1 Å². The fraction of sp³-hybridized carbons (Fsp3) is 0.256. The number of anilines is 1. The van der Waals surface area contributed by atoms with E-state index in [4.69, 9.17) is 9.47 Å². The normalized spacial score (nSPS) is 13.1. The van der Waals surface area contributed by atoms with Gasteiger partial charge in [0.15, 0.2) is 23.3 Å². The van der Waals surface area contributed by atoms with E-state index in [1.165, 1.54) is 42.8 Å². The molecule has 0 aliphatic heterocycles. The molecule has 12 heteroatoms. The molecule has 0 aromatic heterocycles. The van der Waals surface area contributed by atoms with Crippen molar-refractivity contribution >= 4 is 29.5 Å². The largest absolute Gasteiger partial charge is 0.488 e. The lowest BCUT2D eigenvalue weighted by molar-refractivity contribution is -0.118. The Hall–Kier alpha value is -5.20. The van der Waals surface area contributed by atoms with E-state index in [1.807, 2.05) is 72.8 Å². The first kappa shape index (κ1) is 39.5. The van der Waals surface area contributed by atoms with E-state index < -0.39 is 52.4 Å². The number of benzene rings is 5. The van der Waals surface area contributed by atoms with Crippen molar-refractivity contribution < 1.29 is 41.0 Å². The molecule has 0 saturated heterocycles. The highest BCUT2D eigenvalue weighted by atomic mass is 32.2. The smallest absolute Gasteiger partial charge is 0.342 e. The van der Waals surface area contributed by atoms with Crippen LogP contribution in [0.5, 0.6) is 5.75 Å². The molecule has 0 radical (unpaired) electrons. The van der Waals surface area contributed by atoms with Crippen molar-refractivity contribution in [3.8, 4) is 5.75 Å². The molecule has 55 heavy (non-hydrogen) atoms. The van der Waals surface area contributed by atoms with Gasteiger partial charge in [-0.1, -0.05) is 104 Å². The molecule has 0 bridgehead atoms. The van der Waals surface area contributed by atoms with Crippen molar-refractivity contribution in [2.45, 2.75) is 62.7 Å². The summed E-state index contributed by atoms with van der Waals surface area (Å²) in [5, 5.41) is 0. The summed E-state index contributed by atoms with van der Waals surface area (Å²) in [5.74, 6) is -11.0. The Morgan fingerprint density at radius 2 is 1.27 bits per heavy atom. The Bertz CT molecular complexity index is 2070. The third-order valence-electron chi connectivity index (χ3n) is 9.42. The van der Waals surface area contributed by atoms with Crippen LogP contribution in [-0.2, 0) is 29.3 Å². The summed E-state index contributed by atoms with van der Waals surface area (Å²) in [4.78, 5) is 27.8. The summed E-state index contributed by atoms with van der Waals surface area (Å²) >= 11 is 0.221. The minimum absolute atomic E-state index is 0.0219. The van der Waals surface area contributed by atoms with Gasteiger partial charge >= 0.3 is 5.97 Å². The highest BCUT2D eigenvalue weighted by molar-refractivity contribution is 7.97. The van der Waals surface area contributed by atoms with Crippen LogP contribution in [0.2, 0.25) is 0 Å². The number of amides is 1. The molecular weight excluding hydrogens is 736 g/mol. The Kier molecular flexibility index (Phi) is 13.2. The molecular formula is C43H39F5N2O4S. The molecule has 5 aromatic rings. The summed E-state index contributed by atoms with van der Waals surface area (Å²) in [6, 6.07) is 31.1. The lowest BCUT2D eigenvalue weighted by atomic mass is 9.84. The Morgan fingerprint density at radius 3 is 1.89 bits per heavy atom. The molecule has 6 nitrogen and oxygen atoms in total. The van der Waals surface area contributed by atoms with Crippen molar-refractivity contribution in [2.24, 2.45) is 0 Å². The molecule has 0 spiro atoms. The zero-order chi connectivity index (χ0) is 38.9. The highest BCUT2D eigenvalue weighted by Gasteiger charge is 2.29. The predicted molar refractivity (Wildman–Crippen MR) is 201 cm³/mol. The van der Waals surface area contributed by atoms with Gasteiger partial charge in [-0.15, -0.1) is 0 Å². The number of esters is 1. The second kappa shape index (κ2) is 18.4. The van der Waals surface area contributed by atoms with Gasteiger partial charge in [0.2, 0.25) is 11.7 Å². The Morgan fingerprint density at radius 1 is 0.691 bits per heavy atom. The van der Waals surface area contributed by atoms with Crippen LogP contribution in [0, 0.1) is 29.1 Å². The minimum Gasteiger partial charge on any atom is -0.488 e. The third kappa shape index (κ3) is 9.92. The van der Waals surface area contributed by atoms with E-state index >= 15 is 0 Å². The molecule has 0 unspecified atom stereocenters. The molecule has 1 aliphatic carbocycles. The van der Waals surface area contributed by atoms with Gasteiger partial charge in [-0.2, -0.15) is 0 Å². The lowest BCUT2D eigenvalue weighted by Gasteiger charge is -2.27. The van der Waals surface area contributed by atoms with Crippen LogP contribution in [0.25, 0.3) is 0 Å². The van der Waals surface area contributed by atoms with Crippen LogP contribution in [0.3, 0.4) is 0 Å². The van der Waals surface area contributed by atoms with Gasteiger partial charge in [-0.25, -0.2) is 31.1 Å². The standard InChI is InChI=1S/C43H39F5N2O4S/c1-49(55-42-40(47)38(45)37(44)39(46)41(42)48)25-36(51)50(24-28-17-19-32(20-18-28)31-15-9-4-10-16-31)33-21-22-34(43(52)54-27-30-13-7-3-8-14-30)35(23-33)53-26-29-11-5-2-6-12-29/h2-3,5-8,11-14,17-23,31H,4,9-10,15-16,24-27H2,1H3. The fourth-order valence-electron chi connectivity index (χ4n) is 6.47. The monoisotopic (exact) mass is 774 g/mol. The molecule has 1 aliphatic rings. The molecule has 0 N–H and O–H groups in total. The molecule has 6 rings (SSSR count). The maximum Gasteiger partial charge on any atom is 0.342 e. The van der Waals surface area contributed by atoms with Crippen molar-refractivity contribution in [1.82, 2.24) is 4.31 Å². The number of ether oxygens (including phenoxy) is 2. The van der Waals surface area contributed by atoms with Crippen LogP contribution in [0.4, 0.5) is 27.6 Å². The second-order valence-electron chi connectivity index (χ2n) is 13.3. The van der Waals surface area contributed by atoms with Crippen LogP contribution in [0.15, 0.2) is 108 Å². The molecule has 0 atom stereocenters. The van der Waals surface area contributed by atoms with Crippen molar-refractivity contribution in [3.63, 3.8) is 0 Å². The van der Waals surface area contributed by atoms with Crippen LogP contribution in [0.1, 0.15) is 70.6 Å². The summed E-state index contributed by atoms with van der Waals surface area (Å²) in [5.41, 5.74) is 4.07. The number of carbonyl (C=O) groups is 2. The molecule has 286 valence electrons. The first-order chi connectivity index (χ1) is 26.6. The maximum atomic E-state index is 14.6. The average Bonchev–Trinajstić information content (AvgIpc) is 3.22. The number of likely N-dealkylation sites (N-methyl/N-ethyl adjacent to an activating group) is 1. The topological polar surface area (TPSA) is 59.1 Å². The zero-order valence-electron chi connectivity index (χ0n) is 30.1. The van der Waals surface area contributed by atoms with Crippen LogP contribution >= 0.6 is 11.9 Å². The summed E-state index contributed by atoms with van der Waals surface area (Å²) < 4.78 is 83.7. The van der Waals surface area contributed by atoms with E-state index in [0.717, 1.165) is 33.8 Å². The van der Waals surface area contributed by atoms with Gasteiger partial charge in [0.25, 0.3) is 0 Å². The second-order valence-corrected chi connectivity index (χ2v) is 14.6. The quantitative estimate of drug-likeness (QED) is 0.0368. The number of halogens is 5. The third-order valence-corrected chi connectivity index (χ3v) is 10.4. The van der Waals surface area contributed by atoms with Crippen LogP contribution in [-0.4, -0.2) is 29.8 Å². The van der Waals surface area contributed by atoms with Gasteiger partial charge in [0.1, 0.15) is 29.4 Å². The van der Waals surface area contributed by atoms with Crippen LogP contribution < -0.4 is 9.64 Å². The maximum absolute atomic E-state index is 14.6. The molecule has 1 fully saturated rings. The molecule has 5 aromatic carbocycles. The van der Waals surface area contributed by atoms with Gasteiger partial charge in [-0.05, 0) is 72.1 Å². The summed E-state index contributed by atoms with van der Waals surface area (Å²) in [6.07, 6.45) is 5.81. The average molecular weight is 775 g/mol. The van der Waals surface area contributed by atoms with Gasteiger partial charge < -0.3 is 14.4 Å². The van der Waals surface area contributed by atoms with E-state index in [0.29, 0.717) is 11.6 Å². The van der Waals surface area contributed by atoms with E-state index in [1.54, 1.807) is 12.1 Å². The lowest BCUT2D eigenvalue weighted by Crippen LogP contribution is -2.37. The van der Waals surface area contributed by atoms with Gasteiger partial charge in [-0.3, -0.25) is 4.79 Å². The summed E-state index contributed by atoms with van der Waals surface area (Å²) in [7, 11) is 1.30. The Balaban J connectivity index is 1.30. The summed E-state index contributed by atoms with van der Waals surface area (Å²) in [6.45, 7) is -0.318. The number of hydrogen-bond acceptors (Lipinski definition) is 6. The number of nitrogens with zero attached hydrogens (tertiary/aromatic N) is 2. The number of rotatable bonds is 14. The van der Waals surface area contributed by atoms with Gasteiger partial charge in [0, 0.05) is 11.8 Å². The van der Waals surface area contributed by atoms with Crippen molar-refractivity contribution in [3.05, 3.63) is 160 Å². The molecule has 0 heterocycles.